The van der Waals surface area contributed by atoms with Crippen LogP contribution in [0, 0.1) is 19.3 Å². The minimum Gasteiger partial charge on any atom is -0.483 e. The van der Waals surface area contributed by atoms with E-state index in [0.717, 1.165) is 11.1 Å². The Morgan fingerprint density at radius 2 is 1.86 bits per heavy atom. The van der Waals surface area contributed by atoms with E-state index in [1.54, 1.807) is 24.3 Å². The highest BCUT2D eigenvalue weighted by molar-refractivity contribution is 6.03. The molecule has 2 aliphatic rings. The van der Waals surface area contributed by atoms with E-state index < -0.39 is 11.9 Å². The summed E-state index contributed by atoms with van der Waals surface area (Å²) in [5, 5.41) is 2.87. The molecular weight excluding hydrogens is 472 g/mol. The molecule has 1 heterocycles. The van der Waals surface area contributed by atoms with Gasteiger partial charge in [0.2, 0.25) is 5.88 Å². The van der Waals surface area contributed by atoms with Gasteiger partial charge in [-0.2, -0.15) is 0 Å². The number of benzene rings is 2. The predicted octanol–water partition coefficient (Wildman–Crippen LogP) is 4.42. The van der Waals surface area contributed by atoms with Crippen LogP contribution in [0.4, 0.5) is 5.69 Å². The highest BCUT2D eigenvalue weighted by atomic mass is 16.5. The Hall–Kier alpha value is -4.07. The number of amides is 1. The normalized spacial score (nSPS) is 18.6. The van der Waals surface area contributed by atoms with Gasteiger partial charge in [0.05, 0.1) is 13.0 Å². The Bertz CT molecular complexity index is 1340. The molecule has 3 N–H and O–H groups in total. The van der Waals surface area contributed by atoms with E-state index in [9.17, 15) is 14.4 Å². The maximum Gasteiger partial charge on any atom is 0.340 e. The van der Waals surface area contributed by atoms with Crippen LogP contribution in [-0.2, 0) is 23.9 Å². The fourth-order valence-electron chi connectivity index (χ4n) is 4.86. The predicted molar refractivity (Wildman–Crippen MR) is 139 cm³/mol. The fraction of sp³-hybridized carbons (Fsp3) is 0.345. The monoisotopic (exact) mass is 504 g/mol. The van der Waals surface area contributed by atoms with Crippen molar-refractivity contribution in [3.63, 3.8) is 0 Å². The van der Waals surface area contributed by atoms with Crippen molar-refractivity contribution in [1.29, 1.82) is 0 Å². The summed E-state index contributed by atoms with van der Waals surface area (Å²) in [6, 6.07) is 12.8. The van der Waals surface area contributed by atoms with E-state index in [0.29, 0.717) is 41.2 Å². The fourth-order valence-corrected chi connectivity index (χ4v) is 4.86. The molecule has 1 aliphatic heterocycles. The van der Waals surface area contributed by atoms with Crippen molar-refractivity contribution < 1.29 is 28.6 Å². The Kier molecular flexibility index (Phi) is 7.12. The van der Waals surface area contributed by atoms with E-state index in [1.165, 1.54) is 7.11 Å². The number of methoxy groups -OCH3 is 1. The second kappa shape index (κ2) is 10.1. The van der Waals surface area contributed by atoms with Crippen LogP contribution >= 0.6 is 0 Å². The Morgan fingerprint density at radius 1 is 1.14 bits per heavy atom. The summed E-state index contributed by atoms with van der Waals surface area (Å²) in [4.78, 5) is 38.9. The highest BCUT2D eigenvalue weighted by Crippen LogP contribution is 2.49. The van der Waals surface area contributed by atoms with E-state index in [-0.39, 0.29) is 35.2 Å². The topological polar surface area (TPSA) is 117 Å². The number of nitrogens with one attached hydrogen (secondary N) is 1. The second-order valence-corrected chi connectivity index (χ2v) is 10.3. The number of carbonyl (C=O) groups excluding carboxylic acids is 3. The average molecular weight is 505 g/mol. The maximum absolute atomic E-state index is 13.4. The molecule has 194 valence electrons. The van der Waals surface area contributed by atoms with Crippen molar-refractivity contribution in [3.05, 3.63) is 81.9 Å². The molecule has 0 fully saturated rings. The molecule has 1 unspecified atom stereocenters. The van der Waals surface area contributed by atoms with Gasteiger partial charge in [-0.3, -0.25) is 9.59 Å². The molecule has 0 saturated heterocycles. The number of rotatable bonds is 6. The number of anilines is 1. The minimum absolute atomic E-state index is 0.0326. The van der Waals surface area contributed by atoms with Crippen LogP contribution in [0.15, 0.2) is 65.3 Å². The lowest BCUT2D eigenvalue weighted by atomic mass is 9.70. The van der Waals surface area contributed by atoms with Crippen molar-refractivity contribution in [2.24, 2.45) is 11.1 Å². The number of aryl methyl sites for hydroxylation is 2. The summed E-state index contributed by atoms with van der Waals surface area (Å²) in [5.41, 5.74) is 9.49. The molecule has 1 amide bonds. The number of ketones is 1. The van der Waals surface area contributed by atoms with Gasteiger partial charge in [0, 0.05) is 29.7 Å². The van der Waals surface area contributed by atoms with Gasteiger partial charge in [0.1, 0.15) is 17.1 Å². The molecule has 1 atom stereocenters. The first-order valence-corrected chi connectivity index (χ1v) is 12.1. The largest absolute Gasteiger partial charge is 0.483 e. The number of esters is 1. The summed E-state index contributed by atoms with van der Waals surface area (Å²) in [6.07, 6.45) is 0.780. The SMILES string of the molecule is COC(=O)C1=C(N)OC2=C(C(=O)CC(C)(C)C2)C1c1ccccc1OCC(=O)Nc1cc(C)ccc1C. The molecule has 8 nitrogen and oxygen atoms in total. The molecular formula is C29H32N2O6. The summed E-state index contributed by atoms with van der Waals surface area (Å²) in [7, 11) is 1.25. The number of hydrogen-bond acceptors (Lipinski definition) is 7. The molecule has 0 spiro atoms. The van der Waals surface area contributed by atoms with Gasteiger partial charge in [0.25, 0.3) is 5.91 Å². The molecule has 0 aromatic heterocycles. The molecule has 2 aromatic rings. The quantitative estimate of drug-likeness (QED) is 0.559. The summed E-state index contributed by atoms with van der Waals surface area (Å²) < 4.78 is 16.8. The molecule has 0 radical (unpaired) electrons. The van der Waals surface area contributed by atoms with Crippen LogP contribution in [0.25, 0.3) is 0 Å². The minimum atomic E-state index is -0.849. The van der Waals surface area contributed by atoms with Crippen molar-refractivity contribution in [2.45, 2.75) is 46.5 Å². The van der Waals surface area contributed by atoms with Gasteiger partial charge < -0.3 is 25.3 Å². The standard InChI is InChI=1S/C29H32N2O6/c1-16-10-11-17(2)19(12-16)31-23(33)15-36-21-9-7-6-8-18(21)24-25-20(32)13-29(3,4)14-22(25)37-27(30)26(24)28(34)35-5/h6-12,24H,13-15,30H2,1-5H3,(H,31,33). The number of nitrogens with two attached hydrogens (primary N) is 1. The van der Waals surface area contributed by atoms with Gasteiger partial charge in [-0.1, -0.05) is 44.2 Å². The maximum atomic E-state index is 13.4. The van der Waals surface area contributed by atoms with Crippen molar-refractivity contribution in [3.8, 4) is 5.75 Å². The zero-order valence-corrected chi connectivity index (χ0v) is 21.8. The lowest BCUT2D eigenvalue weighted by Crippen LogP contribution is -2.35. The van der Waals surface area contributed by atoms with E-state index in [2.05, 4.69) is 5.32 Å². The third kappa shape index (κ3) is 5.38. The van der Waals surface area contributed by atoms with E-state index in [4.69, 9.17) is 19.9 Å². The van der Waals surface area contributed by atoms with Crippen LogP contribution in [0.1, 0.15) is 49.3 Å². The van der Waals surface area contributed by atoms with Crippen molar-refractivity contribution >= 4 is 23.3 Å². The van der Waals surface area contributed by atoms with Gasteiger partial charge in [-0.25, -0.2) is 4.79 Å². The first-order chi connectivity index (χ1) is 17.5. The third-order valence-corrected chi connectivity index (χ3v) is 6.62. The summed E-state index contributed by atoms with van der Waals surface area (Å²) in [6.45, 7) is 7.55. The van der Waals surface area contributed by atoms with Crippen LogP contribution in [0.3, 0.4) is 0 Å². The lowest BCUT2D eigenvalue weighted by molar-refractivity contribution is -0.136. The lowest BCUT2D eigenvalue weighted by Gasteiger charge is -2.38. The van der Waals surface area contributed by atoms with Crippen LogP contribution in [-0.4, -0.2) is 31.4 Å². The number of para-hydroxylation sites is 1. The van der Waals surface area contributed by atoms with Crippen molar-refractivity contribution in [1.82, 2.24) is 0 Å². The first-order valence-electron chi connectivity index (χ1n) is 12.1. The van der Waals surface area contributed by atoms with Gasteiger partial charge >= 0.3 is 5.97 Å². The van der Waals surface area contributed by atoms with Gasteiger partial charge in [0.15, 0.2) is 12.4 Å². The van der Waals surface area contributed by atoms with Gasteiger partial charge in [-0.05, 0) is 42.5 Å². The number of Topliss-reactive ketones (excluding diaryl/α,β-unsaturated/α-hetero) is 1. The number of allylic oxidation sites excluding steroid dienone is 2. The van der Waals surface area contributed by atoms with E-state index >= 15 is 0 Å². The Balaban J connectivity index is 1.68. The van der Waals surface area contributed by atoms with Gasteiger partial charge in [-0.15, -0.1) is 0 Å². The van der Waals surface area contributed by atoms with Crippen LogP contribution < -0.4 is 15.8 Å². The molecule has 0 saturated carbocycles. The van der Waals surface area contributed by atoms with Crippen LogP contribution in [0.5, 0.6) is 5.75 Å². The Labute approximate surface area is 216 Å². The molecule has 37 heavy (non-hydrogen) atoms. The summed E-state index contributed by atoms with van der Waals surface area (Å²) >= 11 is 0. The zero-order valence-electron chi connectivity index (χ0n) is 21.8. The number of carbonyl (C=O) groups is 3. The third-order valence-electron chi connectivity index (χ3n) is 6.62. The Morgan fingerprint density at radius 3 is 2.59 bits per heavy atom. The molecule has 4 rings (SSSR count). The summed E-state index contributed by atoms with van der Waals surface area (Å²) in [5.74, 6) is -1.33. The second-order valence-electron chi connectivity index (χ2n) is 10.3. The molecule has 2 aromatic carbocycles. The smallest absolute Gasteiger partial charge is 0.340 e. The van der Waals surface area contributed by atoms with E-state index in [1.807, 2.05) is 45.9 Å². The average Bonchev–Trinajstić information content (AvgIpc) is 2.83. The zero-order chi connectivity index (χ0) is 26.9. The number of ether oxygens (including phenoxy) is 3. The first kappa shape index (κ1) is 26.0. The molecule has 0 bridgehead atoms. The highest BCUT2D eigenvalue weighted by Gasteiger charge is 2.45. The van der Waals surface area contributed by atoms with Crippen LogP contribution in [0.2, 0.25) is 0 Å². The van der Waals surface area contributed by atoms with Crippen molar-refractivity contribution in [2.75, 3.05) is 19.0 Å². The molecule has 8 heteroatoms. The molecule has 1 aliphatic carbocycles. The number of hydrogen-bond donors (Lipinski definition) is 2.